The third-order valence-corrected chi connectivity index (χ3v) is 4.84. The number of carbonyl (C=O) groups excluding carboxylic acids is 1. The summed E-state index contributed by atoms with van der Waals surface area (Å²) in [6, 6.07) is 9.88. The average Bonchev–Trinajstić information content (AvgIpc) is 3.02. The second kappa shape index (κ2) is 8.72. The molecule has 0 spiro atoms. The Balaban J connectivity index is 2.13. The molecule has 0 aliphatic heterocycles. The number of methoxy groups -OCH3 is 2. The fraction of sp³-hybridized carbons (Fsp3) is 0.350. The number of nitrogens with zero attached hydrogens (tertiary/aromatic N) is 1. The van der Waals surface area contributed by atoms with Crippen molar-refractivity contribution in [3.8, 4) is 11.5 Å². The third-order valence-electron chi connectivity index (χ3n) is 3.85. The molecular weight excluding hydrogens is 334 g/mol. The van der Waals surface area contributed by atoms with Crippen molar-refractivity contribution in [1.82, 2.24) is 4.90 Å². The zero-order chi connectivity index (χ0) is 18.4. The average molecular weight is 359 g/mol. The van der Waals surface area contributed by atoms with E-state index in [4.69, 9.17) is 9.47 Å². The number of amides is 1. The van der Waals surface area contributed by atoms with Crippen LogP contribution in [0, 0.1) is 6.92 Å². The van der Waals surface area contributed by atoms with Crippen LogP contribution in [-0.2, 0) is 11.3 Å². The van der Waals surface area contributed by atoms with E-state index >= 15 is 0 Å². The quantitative estimate of drug-likeness (QED) is 0.682. The van der Waals surface area contributed by atoms with Gasteiger partial charge in [0.25, 0.3) is 0 Å². The van der Waals surface area contributed by atoms with Crippen LogP contribution in [0.1, 0.15) is 29.2 Å². The molecule has 1 aromatic heterocycles. The van der Waals surface area contributed by atoms with Crippen molar-refractivity contribution in [2.24, 2.45) is 0 Å². The van der Waals surface area contributed by atoms with Crippen molar-refractivity contribution < 1.29 is 14.3 Å². The van der Waals surface area contributed by atoms with Crippen LogP contribution in [0.15, 0.2) is 36.4 Å². The van der Waals surface area contributed by atoms with Gasteiger partial charge in [-0.05, 0) is 56.7 Å². The van der Waals surface area contributed by atoms with E-state index in [1.807, 2.05) is 36.9 Å². The fourth-order valence-electron chi connectivity index (χ4n) is 2.47. The highest BCUT2D eigenvalue weighted by molar-refractivity contribution is 7.11. The summed E-state index contributed by atoms with van der Waals surface area (Å²) in [5, 5.41) is 0. The van der Waals surface area contributed by atoms with Gasteiger partial charge >= 0.3 is 0 Å². The lowest BCUT2D eigenvalue weighted by atomic mass is 10.1. The molecule has 0 saturated heterocycles. The molecule has 2 aromatic rings. The van der Waals surface area contributed by atoms with E-state index in [2.05, 4.69) is 19.1 Å². The van der Waals surface area contributed by atoms with E-state index in [0.29, 0.717) is 18.0 Å². The molecule has 0 radical (unpaired) electrons. The molecule has 0 bridgehead atoms. The van der Waals surface area contributed by atoms with Crippen LogP contribution >= 0.6 is 11.3 Å². The van der Waals surface area contributed by atoms with Gasteiger partial charge in [-0.2, -0.15) is 0 Å². The molecule has 1 aromatic carbocycles. The molecule has 0 atom stereocenters. The molecule has 5 heteroatoms. The fourth-order valence-corrected chi connectivity index (χ4v) is 3.36. The summed E-state index contributed by atoms with van der Waals surface area (Å²) in [6.45, 7) is 6.77. The minimum Gasteiger partial charge on any atom is -0.493 e. The second-order valence-corrected chi connectivity index (χ2v) is 7.39. The Morgan fingerprint density at radius 2 is 1.88 bits per heavy atom. The SMILES string of the molecule is COc1ccc(C=CC(=O)N(Cc2ccc(C)s2)C(C)C)cc1OC. The maximum Gasteiger partial charge on any atom is 0.247 e. The first-order valence-electron chi connectivity index (χ1n) is 8.20. The number of hydrogen-bond donors (Lipinski definition) is 0. The van der Waals surface area contributed by atoms with E-state index < -0.39 is 0 Å². The summed E-state index contributed by atoms with van der Waals surface area (Å²) >= 11 is 1.73. The molecule has 0 saturated carbocycles. The first-order valence-corrected chi connectivity index (χ1v) is 9.02. The maximum atomic E-state index is 12.6. The van der Waals surface area contributed by atoms with Gasteiger partial charge in [-0.3, -0.25) is 4.79 Å². The second-order valence-electron chi connectivity index (χ2n) is 6.02. The van der Waals surface area contributed by atoms with Crippen molar-refractivity contribution >= 4 is 23.3 Å². The third kappa shape index (κ3) is 5.10. The largest absolute Gasteiger partial charge is 0.493 e. The number of thiophene rings is 1. The molecule has 1 amide bonds. The zero-order valence-electron chi connectivity index (χ0n) is 15.4. The lowest BCUT2D eigenvalue weighted by Gasteiger charge is -2.25. The minimum atomic E-state index is -0.00385. The summed E-state index contributed by atoms with van der Waals surface area (Å²) in [5.74, 6) is 1.31. The number of ether oxygens (including phenoxy) is 2. The molecule has 0 N–H and O–H groups in total. The van der Waals surface area contributed by atoms with Crippen LogP contribution in [0.4, 0.5) is 0 Å². The molecule has 0 fully saturated rings. The van der Waals surface area contributed by atoms with Gasteiger partial charge in [-0.1, -0.05) is 6.07 Å². The Labute approximate surface area is 153 Å². The van der Waals surface area contributed by atoms with Gasteiger partial charge in [-0.15, -0.1) is 11.3 Å². The molecule has 0 unspecified atom stereocenters. The van der Waals surface area contributed by atoms with E-state index in [1.165, 1.54) is 9.75 Å². The van der Waals surface area contributed by atoms with Crippen molar-refractivity contribution in [2.45, 2.75) is 33.4 Å². The normalized spacial score (nSPS) is 11.1. The molecule has 4 nitrogen and oxygen atoms in total. The Hall–Kier alpha value is -2.27. The van der Waals surface area contributed by atoms with E-state index in [0.717, 1.165) is 5.56 Å². The Morgan fingerprint density at radius 1 is 1.16 bits per heavy atom. The molecule has 0 aliphatic rings. The molecule has 134 valence electrons. The van der Waals surface area contributed by atoms with E-state index in [9.17, 15) is 4.79 Å². The van der Waals surface area contributed by atoms with Gasteiger partial charge in [0.1, 0.15) is 0 Å². The number of benzene rings is 1. The van der Waals surface area contributed by atoms with Crippen LogP contribution in [-0.4, -0.2) is 31.1 Å². The lowest BCUT2D eigenvalue weighted by Crippen LogP contribution is -2.34. The van der Waals surface area contributed by atoms with E-state index in [1.54, 1.807) is 37.7 Å². The Bertz CT molecular complexity index is 749. The van der Waals surface area contributed by atoms with Crippen LogP contribution in [0.2, 0.25) is 0 Å². The topological polar surface area (TPSA) is 38.8 Å². The van der Waals surface area contributed by atoms with Crippen LogP contribution in [0.25, 0.3) is 6.08 Å². The highest BCUT2D eigenvalue weighted by atomic mass is 32.1. The summed E-state index contributed by atoms with van der Waals surface area (Å²) in [7, 11) is 3.20. The standard InChI is InChI=1S/C20H25NO3S/c1-14(2)21(13-17-9-6-15(3)25-17)20(22)11-8-16-7-10-18(23-4)19(12-16)24-5/h6-12,14H,13H2,1-5H3. The van der Waals surface area contributed by atoms with Crippen LogP contribution in [0.3, 0.4) is 0 Å². The van der Waals surface area contributed by atoms with E-state index in [-0.39, 0.29) is 11.9 Å². The Kier molecular flexibility index (Phi) is 6.65. The van der Waals surface area contributed by atoms with Gasteiger partial charge in [0, 0.05) is 21.9 Å². The summed E-state index contributed by atoms with van der Waals surface area (Å²) in [4.78, 5) is 16.9. The number of aryl methyl sites for hydroxylation is 1. The first-order chi connectivity index (χ1) is 11.9. The predicted octanol–water partition coefficient (Wildman–Crippen LogP) is 4.52. The number of hydrogen-bond acceptors (Lipinski definition) is 4. The van der Waals surface area contributed by atoms with Crippen LogP contribution in [0.5, 0.6) is 11.5 Å². The van der Waals surface area contributed by atoms with Gasteiger partial charge < -0.3 is 14.4 Å². The van der Waals surface area contributed by atoms with Crippen molar-refractivity contribution in [1.29, 1.82) is 0 Å². The van der Waals surface area contributed by atoms with Crippen molar-refractivity contribution in [3.63, 3.8) is 0 Å². The van der Waals surface area contributed by atoms with Gasteiger partial charge in [0.05, 0.1) is 20.8 Å². The molecular formula is C20H25NO3S. The monoisotopic (exact) mass is 359 g/mol. The summed E-state index contributed by atoms with van der Waals surface area (Å²) < 4.78 is 10.5. The van der Waals surface area contributed by atoms with Crippen molar-refractivity contribution in [3.05, 3.63) is 51.7 Å². The number of rotatable bonds is 7. The van der Waals surface area contributed by atoms with Crippen molar-refractivity contribution in [2.75, 3.05) is 14.2 Å². The first kappa shape index (κ1) is 19.1. The lowest BCUT2D eigenvalue weighted by molar-refractivity contribution is -0.128. The Morgan fingerprint density at radius 3 is 2.44 bits per heavy atom. The van der Waals surface area contributed by atoms with Gasteiger partial charge in [0.2, 0.25) is 5.91 Å². The molecule has 1 heterocycles. The van der Waals surface area contributed by atoms with Crippen LogP contribution < -0.4 is 9.47 Å². The zero-order valence-corrected chi connectivity index (χ0v) is 16.2. The molecule has 0 aliphatic carbocycles. The number of carbonyl (C=O) groups is 1. The molecule has 2 rings (SSSR count). The minimum absolute atomic E-state index is 0.00385. The molecule has 25 heavy (non-hydrogen) atoms. The highest BCUT2D eigenvalue weighted by Gasteiger charge is 2.16. The summed E-state index contributed by atoms with van der Waals surface area (Å²) in [5.41, 5.74) is 0.890. The summed E-state index contributed by atoms with van der Waals surface area (Å²) in [6.07, 6.45) is 3.42. The van der Waals surface area contributed by atoms with Gasteiger partial charge in [0.15, 0.2) is 11.5 Å². The predicted molar refractivity (Wildman–Crippen MR) is 103 cm³/mol. The smallest absolute Gasteiger partial charge is 0.247 e. The maximum absolute atomic E-state index is 12.6. The highest BCUT2D eigenvalue weighted by Crippen LogP contribution is 2.28. The van der Waals surface area contributed by atoms with Gasteiger partial charge in [-0.25, -0.2) is 0 Å².